The molecular weight excluding hydrogens is 306 g/mol. The molecule has 3 heterocycles. The van der Waals surface area contributed by atoms with Crippen molar-refractivity contribution in [2.75, 3.05) is 12.3 Å². The van der Waals surface area contributed by atoms with Gasteiger partial charge in [-0.2, -0.15) is 4.98 Å². The van der Waals surface area contributed by atoms with Crippen molar-refractivity contribution in [1.29, 1.82) is 0 Å². The largest absolute Gasteiger partial charge is 0.394 e. The maximum Gasteiger partial charge on any atom is 0.280 e. The third-order valence-electron chi connectivity index (χ3n) is 3.32. The average molecular weight is 318 g/mol. The monoisotopic (exact) mass is 317 g/mol. The highest BCUT2D eigenvalue weighted by molar-refractivity contribution is 6.07. The number of nitrogen functional groups attached to an aromatic ring is 1. The van der Waals surface area contributed by atoms with Crippen LogP contribution < -0.4 is 11.3 Å². The third kappa shape index (κ3) is 2.17. The summed E-state index contributed by atoms with van der Waals surface area (Å²) in [5, 5.41) is 19.1. The number of aromatic amines is 1. The lowest BCUT2D eigenvalue weighted by Gasteiger charge is -2.18. The van der Waals surface area contributed by atoms with Gasteiger partial charge in [0.2, 0.25) is 5.95 Å². The molecule has 0 radical (unpaired) electrons. The van der Waals surface area contributed by atoms with E-state index in [1.165, 1.54) is 10.9 Å². The van der Waals surface area contributed by atoms with Crippen molar-refractivity contribution in [3.05, 3.63) is 16.7 Å². The van der Waals surface area contributed by atoms with Crippen LogP contribution in [0.2, 0.25) is 0 Å². The molecule has 4 atom stereocenters. The van der Waals surface area contributed by atoms with E-state index in [4.69, 9.17) is 31.7 Å². The number of halogens is 1. The molecule has 21 heavy (non-hydrogen) atoms. The summed E-state index contributed by atoms with van der Waals surface area (Å²) in [4.78, 5) is 22.0. The van der Waals surface area contributed by atoms with Gasteiger partial charge in [-0.25, -0.2) is 4.98 Å². The minimum atomic E-state index is -1.14. The van der Waals surface area contributed by atoms with Gasteiger partial charge in [0, 0.05) is 0 Å². The molecule has 0 spiro atoms. The fourth-order valence-corrected chi connectivity index (χ4v) is 2.51. The van der Waals surface area contributed by atoms with Gasteiger partial charge >= 0.3 is 0 Å². The second-order valence-corrected chi connectivity index (χ2v) is 4.75. The molecule has 0 bridgehead atoms. The van der Waals surface area contributed by atoms with Crippen molar-refractivity contribution in [3.8, 4) is 0 Å². The summed E-state index contributed by atoms with van der Waals surface area (Å²) >= 11 is 5.38. The van der Waals surface area contributed by atoms with Crippen molar-refractivity contribution in [3.63, 3.8) is 0 Å². The molecule has 11 heteroatoms. The number of anilines is 1. The number of nitrogens with one attached hydrogen (secondary N) is 1. The zero-order valence-corrected chi connectivity index (χ0v) is 11.3. The summed E-state index contributed by atoms with van der Waals surface area (Å²) in [7, 11) is 0. The normalized spacial score (nSPS) is 29.3. The molecule has 0 aromatic carbocycles. The summed E-state index contributed by atoms with van der Waals surface area (Å²) < 4.78 is 11.5. The van der Waals surface area contributed by atoms with Crippen LogP contribution in [0.3, 0.4) is 0 Å². The third-order valence-corrected chi connectivity index (χ3v) is 3.53. The fourth-order valence-electron chi connectivity index (χ4n) is 2.32. The first-order valence-electron chi connectivity index (χ1n) is 6.01. The van der Waals surface area contributed by atoms with Gasteiger partial charge in [-0.15, -0.1) is 0 Å². The van der Waals surface area contributed by atoms with Crippen LogP contribution in [0.4, 0.5) is 5.95 Å². The van der Waals surface area contributed by atoms with Crippen molar-refractivity contribution in [1.82, 2.24) is 19.5 Å². The van der Waals surface area contributed by atoms with E-state index in [1.54, 1.807) is 0 Å². The fraction of sp³-hybridized carbons (Fsp3) is 0.500. The Labute approximate surface area is 122 Å². The SMILES string of the molecule is Nc1nc2c(ncn2[C@@H]2O[C@H](CO)[C@H](O)[C@H]2OCl)c(=O)[nH]1. The molecule has 0 unspecified atom stereocenters. The summed E-state index contributed by atoms with van der Waals surface area (Å²) in [6.07, 6.45) is -2.60. The number of nitrogens with zero attached hydrogens (tertiary/aromatic N) is 3. The minimum Gasteiger partial charge on any atom is -0.394 e. The van der Waals surface area contributed by atoms with E-state index in [0.29, 0.717) is 0 Å². The minimum absolute atomic E-state index is 0.0584. The first kappa shape index (κ1) is 14.2. The Bertz CT molecular complexity index is 717. The van der Waals surface area contributed by atoms with Gasteiger partial charge < -0.3 is 20.7 Å². The van der Waals surface area contributed by atoms with Crippen LogP contribution in [0.25, 0.3) is 11.2 Å². The number of hydrogen-bond acceptors (Lipinski definition) is 8. The lowest BCUT2D eigenvalue weighted by Crippen LogP contribution is -2.33. The van der Waals surface area contributed by atoms with E-state index < -0.39 is 36.7 Å². The Morgan fingerprint density at radius 1 is 1.62 bits per heavy atom. The number of hydrogen-bond donors (Lipinski definition) is 4. The highest BCUT2D eigenvalue weighted by Gasteiger charge is 2.46. The molecule has 1 aliphatic heterocycles. The van der Waals surface area contributed by atoms with Crippen LogP contribution >= 0.6 is 11.9 Å². The molecule has 2 aromatic heterocycles. The van der Waals surface area contributed by atoms with Gasteiger partial charge in [0.25, 0.3) is 5.56 Å². The molecule has 10 nitrogen and oxygen atoms in total. The molecule has 5 N–H and O–H groups in total. The summed E-state index contributed by atoms with van der Waals surface area (Å²) in [5.74, 6) is -0.0881. The van der Waals surface area contributed by atoms with E-state index in [0.717, 1.165) is 0 Å². The van der Waals surface area contributed by atoms with Gasteiger partial charge in [-0.1, -0.05) is 0 Å². The molecule has 0 amide bonds. The van der Waals surface area contributed by atoms with Crippen molar-refractivity contribution < 1.29 is 19.2 Å². The number of aromatic nitrogens is 4. The molecule has 0 saturated carbocycles. The lowest BCUT2D eigenvalue weighted by atomic mass is 10.1. The number of aliphatic hydroxyl groups is 2. The maximum absolute atomic E-state index is 11.7. The summed E-state index contributed by atoms with van der Waals surface area (Å²) in [6, 6.07) is 0. The topological polar surface area (TPSA) is 149 Å². The van der Waals surface area contributed by atoms with Crippen LogP contribution in [-0.4, -0.2) is 54.7 Å². The quantitative estimate of drug-likeness (QED) is 0.534. The molecular formula is C10H12ClN5O5. The Balaban J connectivity index is 2.10. The Morgan fingerprint density at radius 2 is 2.38 bits per heavy atom. The van der Waals surface area contributed by atoms with Gasteiger partial charge in [-0.3, -0.25) is 18.6 Å². The van der Waals surface area contributed by atoms with Gasteiger partial charge in [0.1, 0.15) is 12.2 Å². The van der Waals surface area contributed by atoms with Crippen molar-refractivity contribution in [2.24, 2.45) is 0 Å². The average Bonchev–Trinajstić information content (AvgIpc) is 2.99. The lowest BCUT2D eigenvalue weighted by molar-refractivity contribution is -0.0482. The van der Waals surface area contributed by atoms with Crippen molar-refractivity contribution in [2.45, 2.75) is 24.5 Å². The molecule has 3 rings (SSSR count). The van der Waals surface area contributed by atoms with E-state index >= 15 is 0 Å². The van der Waals surface area contributed by atoms with Crippen molar-refractivity contribution >= 4 is 29.0 Å². The van der Waals surface area contributed by atoms with Crippen LogP contribution in [0.15, 0.2) is 11.1 Å². The zero-order valence-electron chi connectivity index (χ0n) is 10.5. The maximum atomic E-state index is 11.7. The number of ether oxygens (including phenoxy) is 1. The highest BCUT2D eigenvalue weighted by atomic mass is 35.5. The molecule has 114 valence electrons. The number of H-pyrrole nitrogens is 1. The highest BCUT2D eigenvalue weighted by Crippen LogP contribution is 2.33. The van der Waals surface area contributed by atoms with Gasteiger partial charge in [-0.05, 0) is 0 Å². The summed E-state index contributed by atoms with van der Waals surface area (Å²) in [5.41, 5.74) is 5.22. The Hall–Kier alpha value is -1.72. The second-order valence-electron chi connectivity index (χ2n) is 4.57. The predicted octanol–water partition coefficient (Wildman–Crippen LogP) is -1.51. The summed E-state index contributed by atoms with van der Waals surface area (Å²) in [6.45, 7) is -0.419. The van der Waals surface area contributed by atoms with E-state index in [-0.39, 0.29) is 17.1 Å². The van der Waals surface area contributed by atoms with Gasteiger partial charge in [0.05, 0.1) is 24.8 Å². The van der Waals surface area contributed by atoms with E-state index in [9.17, 15) is 9.90 Å². The first-order valence-corrected chi connectivity index (χ1v) is 6.31. The van der Waals surface area contributed by atoms with Crippen LogP contribution in [0, 0.1) is 0 Å². The first-order chi connectivity index (χ1) is 10.1. The number of imidazole rings is 1. The number of aliphatic hydroxyl groups excluding tert-OH is 2. The number of fused-ring (bicyclic) bond motifs is 1. The number of rotatable bonds is 3. The molecule has 1 aliphatic rings. The smallest absolute Gasteiger partial charge is 0.280 e. The molecule has 2 aromatic rings. The predicted molar refractivity (Wildman–Crippen MR) is 70.3 cm³/mol. The standard InChI is InChI=1S/C10H12ClN5O5/c11-21-6-5(18)3(1-17)20-9(6)16-2-13-4-7(16)14-10(12)15-8(4)19/h2-3,5-6,9,17-18H,1H2,(H3,12,14,15,19)/t3-,5+,6-,9-/m1/s1. The van der Waals surface area contributed by atoms with Crippen LogP contribution in [-0.2, 0) is 9.03 Å². The van der Waals surface area contributed by atoms with Crippen LogP contribution in [0.5, 0.6) is 0 Å². The van der Waals surface area contributed by atoms with Gasteiger partial charge in [0.15, 0.2) is 23.5 Å². The molecule has 0 aliphatic carbocycles. The molecule has 1 fully saturated rings. The number of nitrogens with two attached hydrogens (primary N) is 1. The van der Waals surface area contributed by atoms with E-state index in [2.05, 4.69) is 15.0 Å². The Morgan fingerprint density at radius 3 is 3.05 bits per heavy atom. The molecule has 1 saturated heterocycles. The Kier molecular flexibility index (Phi) is 3.55. The van der Waals surface area contributed by atoms with E-state index in [1.807, 2.05) is 0 Å². The van der Waals surface area contributed by atoms with Crippen LogP contribution in [0.1, 0.15) is 6.23 Å². The second kappa shape index (κ2) is 5.24. The zero-order chi connectivity index (χ0) is 15.1.